The van der Waals surface area contributed by atoms with Gasteiger partial charge in [-0.05, 0) is 74.9 Å². The Morgan fingerprint density at radius 3 is 1.80 bits per heavy atom. The second-order valence-corrected chi connectivity index (χ2v) is 14.2. The molecule has 4 rings (SSSR count). The molecule has 0 aliphatic carbocycles. The fraction of sp³-hybridized carbons (Fsp3) is 0.424. The highest BCUT2D eigenvalue weighted by molar-refractivity contribution is 6.35. The summed E-state index contributed by atoms with van der Waals surface area (Å²) in [6.45, 7) is 13.2. The Kier molecular flexibility index (Phi) is 12.9. The number of pyridine rings is 3. The first kappa shape index (κ1) is 36.1. The Hall–Kier alpha value is -2.39. The molecule has 0 fully saturated rings. The smallest absolute Gasteiger partial charge is 0.156 e. The molecule has 44 heavy (non-hydrogen) atoms. The average molecular weight is 682 g/mol. The van der Waals surface area contributed by atoms with Crippen molar-refractivity contribution in [1.29, 1.82) is 0 Å². The van der Waals surface area contributed by atoms with Gasteiger partial charge in [-0.15, -0.1) is 0 Å². The summed E-state index contributed by atoms with van der Waals surface area (Å²) in [5.74, 6) is 2.05. The summed E-state index contributed by atoms with van der Waals surface area (Å²) in [6, 6.07) is 10.8. The van der Waals surface area contributed by atoms with E-state index in [-0.39, 0.29) is 5.54 Å². The number of ether oxygens (including phenoxy) is 2. The lowest BCUT2D eigenvalue weighted by Crippen LogP contribution is -2.43. The van der Waals surface area contributed by atoms with Crippen LogP contribution in [0.3, 0.4) is 0 Å². The zero-order valence-corrected chi connectivity index (χ0v) is 29.0. The minimum absolute atomic E-state index is 0.347. The van der Waals surface area contributed by atoms with Crippen molar-refractivity contribution in [3.05, 3.63) is 75.2 Å². The van der Waals surface area contributed by atoms with Gasteiger partial charge < -0.3 is 20.9 Å². The third kappa shape index (κ3) is 11.2. The van der Waals surface area contributed by atoms with Crippen LogP contribution in [0.25, 0.3) is 22.2 Å². The predicted octanol–water partition coefficient (Wildman–Crippen LogP) is 9.28. The topological polar surface area (TPSA) is 109 Å². The van der Waals surface area contributed by atoms with Crippen LogP contribution in [0.5, 0.6) is 11.5 Å². The molecule has 11 heteroatoms. The highest BCUT2D eigenvalue weighted by Crippen LogP contribution is 2.33. The van der Waals surface area contributed by atoms with E-state index in [9.17, 15) is 0 Å². The van der Waals surface area contributed by atoms with Gasteiger partial charge in [0.2, 0.25) is 0 Å². The Bertz CT molecular complexity index is 1550. The normalized spacial score (nSPS) is 14.1. The largest absolute Gasteiger partial charge is 0.488 e. The van der Waals surface area contributed by atoms with Crippen molar-refractivity contribution in [2.75, 3.05) is 13.2 Å². The Morgan fingerprint density at radius 1 is 0.727 bits per heavy atom. The van der Waals surface area contributed by atoms with Crippen molar-refractivity contribution >= 4 is 57.3 Å². The summed E-state index contributed by atoms with van der Waals surface area (Å²) in [7, 11) is 0. The van der Waals surface area contributed by atoms with Crippen LogP contribution in [-0.2, 0) is 0 Å². The minimum Gasteiger partial charge on any atom is -0.488 e. The third-order valence-electron chi connectivity index (χ3n) is 6.45. The molecule has 3 heterocycles. The molecule has 0 saturated heterocycles. The van der Waals surface area contributed by atoms with E-state index in [1.165, 1.54) is 6.20 Å². The third-order valence-corrected chi connectivity index (χ3v) is 7.48. The molecule has 0 bridgehead atoms. The highest BCUT2D eigenvalue weighted by atomic mass is 35.5. The van der Waals surface area contributed by atoms with Crippen LogP contribution in [0.4, 0.5) is 0 Å². The summed E-state index contributed by atoms with van der Waals surface area (Å²) >= 11 is 24.3. The fourth-order valence-corrected chi connectivity index (χ4v) is 5.78. The number of hydrogen-bond acceptors (Lipinski definition) is 7. The fourth-order valence-electron chi connectivity index (χ4n) is 4.98. The molecule has 0 unspecified atom stereocenters. The second-order valence-electron chi connectivity index (χ2n) is 12.5. The van der Waals surface area contributed by atoms with Crippen molar-refractivity contribution in [3.63, 3.8) is 0 Å². The number of nitrogens with two attached hydrogens (primary N) is 2. The molecule has 1 aromatic carbocycles. The van der Waals surface area contributed by atoms with Crippen LogP contribution in [0, 0.1) is 11.8 Å². The molecule has 0 spiro atoms. The molecular weight excluding hydrogens is 640 g/mol. The Morgan fingerprint density at radius 2 is 1.27 bits per heavy atom. The van der Waals surface area contributed by atoms with Crippen molar-refractivity contribution in [3.8, 4) is 22.8 Å². The van der Waals surface area contributed by atoms with E-state index in [2.05, 4.69) is 42.6 Å². The molecule has 238 valence electrons. The summed E-state index contributed by atoms with van der Waals surface area (Å²) in [5.41, 5.74) is 14.1. The second kappa shape index (κ2) is 15.7. The van der Waals surface area contributed by atoms with E-state index >= 15 is 0 Å². The standard InChI is InChI=1S/C21H23Cl2N3O.C12H18Cl2N2O/c1-13(2)10-21(3,24)12-27-20-11-26-19(9-17(20)23)15-6-7-25-18-5-4-14(22)8-16(15)18;1-8(2)5-12(3,15)7-17-10-6-16-11(14)4-9(10)13/h4-9,11,13H,10,12,24H2,1-3H3;4,6,8H,5,7,15H2,1-3H3/t21-;12-/m00/s1. The average Bonchev–Trinajstić information content (AvgIpc) is 2.90. The molecule has 0 amide bonds. The molecule has 4 N–H and O–H groups in total. The number of aromatic nitrogens is 3. The maximum absolute atomic E-state index is 6.45. The quantitative estimate of drug-likeness (QED) is 0.152. The lowest BCUT2D eigenvalue weighted by Gasteiger charge is -2.26. The van der Waals surface area contributed by atoms with Crippen LogP contribution in [0.2, 0.25) is 20.2 Å². The van der Waals surface area contributed by atoms with Gasteiger partial charge in [-0.1, -0.05) is 74.1 Å². The van der Waals surface area contributed by atoms with E-state index in [4.69, 9.17) is 67.3 Å². The molecule has 0 saturated carbocycles. The van der Waals surface area contributed by atoms with Crippen LogP contribution in [-0.4, -0.2) is 39.2 Å². The maximum atomic E-state index is 6.45. The van der Waals surface area contributed by atoms with Crippen LogP contribution in [0.15, 0.2) is 55.0 Å². The van der Waals surface area contributed by atoms with Crippen LogP contribution >= 0.6 is 46.4 Å². The molecule has 4 aromatic rings. The number of hydrogen-bond donors (Lipinski definition) is 2. The zero-order chi connectivity index (χ0) is 32.7. The monoisotopic (exact) mass is 679 g/mol. The summed E-state index contributed by atoms with van der Waals surface area (Å²) in [4.78, 5) is 12.8. The maximum Gasteiger partial charge on any atom is 0.156 e. The first-order valence-corrected chi connectivity index (χ1v) is 15.9. The lowest BCUT2D eigenvalue weighted by molar-refractivity contribution is 0.206. The lowest BCUT2D eigenvalue weighted by atomic mass is 9.93. The predicted molar refractivity (Wildman–Crippen MR) is 184 cm³/mol. The SMILES string of the molecule is CC(C)C[C@](C)(N)COc1cnc(-c2ccnc3ccc(Cl)cc23)cc1Cl.CC(C)C[C@](C)(N)COc1cnc(Cl)cc1Cl. The summed E-state index contributed by atoms with van der Waals surface area (Å²) < 4.78 is 11.4. The number of fused-ring (bicyclic) bond motifs is 1. The van der Waals surface area contributed by atoms with Crippen molar-refractivity contribution in [2.45, 2.75) is 65.5 Å². The highest BCUT2D eigenvalue weighted by Gasteiger charge is 2.23. The van der Waals surface area contributed by atoms with Crippen LogP contribution in [0.1, 0.15) is 54.4 Å². The Labute approximate surface area is 280 Å². The number of rotatable bonds is 11. The molecule has 0 aliphatic rings. The molecule has 7 nitrogen and oxygen atoms in total. The van der Waals surface area contributed by atoms with E-state index in [0.29, 0.717) is 56.8 Å². The van der Waals surface area contributed by atoms with Crippen LogP contribution < -0.4 is 20.9 Å². The summed E-state index contributed by atoms with van der Waals surface area (Å²) in [6.07, 6.45) is 6.64. The summed E-state index contributed by atoms with van der Waals surface area (Å²) in [5, 5.41) is 2.86. The van der Waals surface area contributed by atoms with E-state index < -0.39 is 5.54 Å². The molecule has 2 atom stereocenters. The van der Waals surface area contributed by atoms with Crippen molar-refractivity contribution in [1.82, 2.24) is 15.0 Å². The van der Waals surface area contributed by atoms with Gasteiger partial charge in [-0.3, -0.25) is 9.97 Å². The van der Waals surface area contributed by atoms with E-state index in [0.717, 1.165) is 35.0 Å². The first-order valence-electron chi connectivity index (χ1n) is 14.4. The molecule has 3 aromatic heterocycles. The van der Waals surface area contributed by atoms with E-state index in [1.54, 1.807) is 24.5 Å². The van der Waals surface area contributed by atoms with Gasteiger partial charge in [-0.25, -0.2) is 4.98 Å². The van der Waals surface area contributed by atoms with E-state index in [1.807, 2.05) is 38.1 Å². The van der Waals surface area contributed by atoms with Crippen molar-refractivity contribution < 1.29 is 9.47 Å². The molecule has 0 aliphatic heterocycles. The number of nitrogens with zero attached hydrogens (tertiary/aromatic N) is 3. The van der Waals surface area contributed by atoms with Gasteiger partial charge in [-0.2, -0.15) is 0 Å². The number of halogens is 4. The number of benzene rings is 1. The minimum atomic E-state index is -0.422. The zero-order valence-electron chi connectivity index (χ0n) is 26.0. The van der Waals surface area contributed by atoms with Gasteiger partial charge in [0, 0.05) is 33.2 Å². The van der Waals surface area contributed by atoms with Gasteiger partial charge in [0.1, 0.15) is 18.4 Å². The first-order chi connectivity index (χ1) is 20.5. The van der Waals surface area contributed by atoms with Gasteiger partial charge >= 0.3 is 0 Å². The molecular formula is C33H41Cl4N5O2. The van der Waals surface area contributed by atoms with Gasteiger partial charge in [0.05, 0.1) is 33.6 Å². The Balaban J connectivity index is 0.000000269. The van der Waals surface area contributed by atoms with Gasteiger partial charge in [0.15, 0.2) is 11.5 Å². The van der Waals surface area contributed by atoms with Gasteiger partial charge in [0.25, 0.3) is 0 Å². The molecule has 0 radical (unpaired) electrons. The van der Waals surface area contributed by atoms with Crippen molar-refractivity contribution in [2.24, 2.45) is 23.3 Å².